The largest absolute Gasteiger partial charge is 0.384 e. The monoisotopic (exact) mass is 281 g/mol. The summed E-state index contributed by atoms with van der Waals surface area (Å²) in [7, 11) is 0. The summed E-state index contributed by atoms with van der Waals surface area (Å²) >= 11 is 0. The van der Waals surface area contributed by atoms with Crippen molar-refractivity contribution in [2.24, 2.45) is 0 Å². The van der Waals surface area contributed by atoms with E-state index in [0.717, 1.165) is 35.0 Å². The fourth-order valence-electron chi connectivity index (χ4n) is 2.29. The van der Waals surface area contributed by atoms with Gasteiger partial charge in [-0.3, -0.25) is 5.10 Å². The predicted molar refractivity (Wildman–Crippen MR) is 82.6 cm³/mol. The molecule has 4 rings (SSSR count). The second-order valence-corrected chi connectivity index (χ2v) is 5.29. The number of benzene rings is 1. The van der Waals surface area contributed by atoms with E-state index in [1.54, 1.807) is 6.07 Å². The number of nitrogens with one attached hydrogen (secondary N) is 2. The van der Waals surface area contributed by atoms with Crippen LogP contribution in [0.5, 0.6) is 0 Å². The number of rotatable bonds is 3. The maximum Gasteiger partial charge on any atom is 0.225 e. The number of aromatic amines is 1. The Kier molecular flexibility index (Phi) is 2.47. The van der Waals surface area contributed by atoms with E-state index in [1.807, 2.05) is 18.2 Å². The lowest BCUT2D eigenvalue weighted by atomic mass is 10.1. The van der Waals surface area contributed by atoms with Gasteiger partial charge in [-0.15, -0.1) is 0 Å². The Morgan fingerprint density at radius 2 is 2.00 bits per heavy atom. The number of nitrogen functional groups attached to an aromatic ring is 2. The number of H-pyrrole nitrogens is 1. The number of aromatic nitrogens is 4. The number of hydrogen-bond donors (Lipinski definition) is 4. The first kappa shape index (κ1) is 12.0. The maximum absolute atomic E-state index is 5.88. The highest BCUT2D eigenvalue weighted by Gasteiger charge is 2.22. The third kappa shape index (κ3) is 2.22. The van der Waals surface area contributed by atoms with Gasteiger partial charge < -0.3 is 16.8 Å². The van der Waals surface area contributed by atoms with E-state index >= 15 is 0 Å². The second kappa shape index (κ2) is 4.34. The molecule has 7 heteroatoms. The van der Waals surface area contributed by atoms with E-state index in [4.69, 9.17) is 11.5 Å². The van der Waals surface area contributed by atoms with Gasteiger partial charge in [0, 0.05) is 23.1 Å². The van der Waals surface area contributed by atoms with Gasteiger partial charge in [0.1, 0.15) is 5.82 Å². The minimum atomic E-state index is 0.451. The molecule has 0 saturated heterocycles. The summed E-state index contributed by atoms with van der Waals surface area (Å²) in [6, 6.07) is 8.09. The summed E-state index contributed by atoms with van der Waals surface area (Å²) in [5.41, 5.74) is 14.3. The van der Waals surface area contributed by atoms with Crippen LogP contribution in [-0.2, 0) is 0 Å². The molecule has 1 saturated carbocycles. The van der Waals surface area contributed by atoms with E-state index in [1.165, 1.54) is 0 Å². The van der Waals surface area contributed by atoms with Gasteiger partial charge in [0.15, 0.2) is 5.82 Å². The van der Waals surface area contributed by atoms with Crippen LogP contribution >= 0.6 is 0 Å². The Morgan fingerprint density at radius 3 is 2.81 bits per heavy atom. The lowest BCUT2D eigenvalue weighted by molar-refractivity contribution is 1.06. The first-order valence-electron chi connectivity index (χ1n) is 6.84. The molecule has 1 aliphatic rings. The summed E-state index contributed by atoms with van der Waals surface area (Å²) in [4.78, 5) is 8.75. The number of anilines is 3. The van der Waals surface area contributed by atoms with Crippen molar-refractivity contribution in [3.63, 3.8) is 0 Å². The van der Waals surface area contributed by atoms with Crippen molar-refractivity contribution in [2.45, 2.75) is 18.9 Å². The Hall–Kier alpha value is -2.83. The molecule has 2 heterocycles. The van der Waals surface area contributed by atoms with E-state index in [-0.39, 0.29) is 0 Å². The molecule has 106 valence electrons. The van der Waals surface area contributed by atoms with Gasteiger partial charge >= 0.3 is 0 Å². The van der Waals surface area contributed by atoms with Gasteiger partial charge in [0.2, 0.25) is 5.95 Å². The molecule has 0 spiro atoms. The highest BCUT2D eigenvalue weighted by molar-refractivity contribution is 5.91. The van der Waals surface area contributed by atoms with Gasteiger partial charge in [0.25, 0.3) is 0 Å². The van der Waals surface area contributed by atoms with Gasteiger partial charge in [-0.1, -0.05) is 6.07 Å². The van der Waals surface area contributed by atoms with Gasteiger partial charge in [-0.2, -0.15) is 10.1 Å². The quantitative estimate of drug-likeness (QED) is 0.581. The summed E-state index contributed by atoms with van der Waals surface area (Å²) in [6.45, 7) is 0. The third-order valence-corrected chi connectivity index (χ3v) is 3.54. The van der Waals surface area contributed by atoms with Crippen LogP contribution in [0.1, 0.15) is 12.8 Å². The number of hydrogen-bond acceptors (Lipinski definition) is 6. The average molecular weight is 281 g/mol. The second-order valence-electron chi connectivity index (χ2n) is 5.29. The SMILES string of the molecule is Nc1cc(-c2ccc3c(N)n[nH]c3c2)nc(NC2CC2)n1. The van der Waals surface area contributed by atoms with Crippen LogP contribution in [0, 0.1) is 0 Å². The minimum absolute atomic E-state index is 0.451. The Bertz CT molecular complexity index is 819. The molecule has 0 amide bonds. The predicted octanol–water partition coefficient (Wildman–Crippen LogP) is 1.76. The van der Waals surface area contributed by atoms with Crippen LogP contribution < -0.4 is 16.8 Å². The van der Waals surface area contributed by atoms with Crippen molar-refractivity contribution in [2.75, 3.05) is 16.8 Å². The number of fused-ring (bicyclic) bond motifs is 1. The lowest BCUT2D eigenvalue weighted by Gasteiger charge is -2.07. The smallest absolute Gasteiger partial charge is 0.225 e. The van der Waals surface area contributed by atoms with Crippen molar-refractivity contribution in [3.05, 3.63) is 24.3 Å². The summed E-state index contributed by atoms with van der Waals surface area (Å²) < 4.78 is 0. The topological polar surface area (TPSA) is 119 Å². The fourth-order valence-corrected chi connectivity index (χ4v) is 2.29. The van der Waals surface area contributed by atoms with Gasteiger partial charge in [-0.25, -0.2) is 4.98 Å². The Labute approximate surface area is 120 Å². The minimum Gasteiger partial charge on any atom is -0.384 e. The molecule has 21 heavy (non-hydrogen) atoms. The molecule has 1 aromatic carbocycles. The summed E-state index contributed by atoms with van der Waals surface area (Å²) in [5, 5.41) is 11.1. The molecular weight excluding hydrogens is 266 g/mol. The zero-order chi connectivity index (χ0) is 14.4. The van der Waals surface area contributed by atoms with E-state index in [9.17, 15) is 0 Å². The molecule has 0 unspecified atom stereocenters. The van der Waals surface area contributed by atoms with Crippen LogP contribution in [0.4, 0.5) is 17.6 Å². The Morgan fingerprint density at radius 1 is 1.14 bits per heavy atom. The highest BCUT2D eigenvalue weighted by Crippen LogP contribution is 2.28. The van der Waals surface area contributed by atoms with Crippen molar-refractivity contribution >= 4 is 28.5 Å². The Balaban J connectivity index is 1.77. The van der Waals surface area contributed by atoms with Crippen LogP contribution in [0.25, 0.3) is 22.2 Å². The molecule has 0 radical (unpaired) electrons. The normalized spacial score (nSPS) is 14.5. The standard InChI is InChI=1S/C14H15N7/c15-12-6-10(18-14(19-12)17-8-2-3-8)7-1-4-9-11(5-7)20-21-13(9)16/h1,4-6,8H,2-3H2,(H3,16,20,21)(H3,15,17,18,19). The zero-order valence-electron chi connectivity index (χ0n) is 11.3. The zero-order valence-corrected chi connectivity index (χ0v) is 11.3. The maximum atomic E-state index is 5.88. The number of nitrogens with zero attached hydrogens (tertiary/aromatic N) is 3. The molecule has 3 aromatic rings. The lowest BCUT2D eigenvalue weighted by Crippen LogP contribution is -2.07. The molecule has 7 nitrogen and oxygen atoms in total. The van der Waals surface area contributed by atoms with Crippen molar-refractivity contribution in [1.82, 2.24) is 20.2 Å². The van der Waals surface area contributed by atoms with Crippen LogP contribution in [0.15, 0.2) is 24.3 Å². The summed E-state index contributed by atoms with van der Waals surface area (Å²) in [5.74, 6) is 1.53. The van der Waals surface area contributed by atoms with E-state index < -0.39 is 0 Å². The molecule has 0 atom stereocenters. The number of nitrogens with two attached hydrogens (primary N) is 2. The van der Waals surface area contributed by atoms with E-state index in [2.05, 4.69) is 25.5 Å². The van der Waals surface area contributed by atoms with Crippen LogP contribution in [0.3, 0.4) is 0 Å². The molecular formula is C14H15N7. The molecule has 0 aliphatic heterocycles. The van der Waals surface area contributed by atoms with Crippen LogP contribution in [-0.4, -0.2) is 26.2 Å². The fraction of sp³-hybridized carbons (Fsp3) is 0.214. The van der Waals surface area contributed by atoms with Gasteiger partial charge in [0.05, 0.1) is 11.2 Å². The van der Waals surface area contributed by atoms with Crippen LogP contribution in [0.2, 0.25) is 0 Å². The molecule has 1 aliphatic carbocycles. The third-order valence-electron chi connectivity index (χ3n) is 3.54. The van der Waals surface area contributed by atoms with Crippen molar-refractivity contribution < 1.29 is 0 Å². The van der Waals surface area contributed by atoms with Crippen molar-refractivity contribution in [3.8, 4) is 11.3 Å². The van der Waals surface area contributed by atoms with Crippen molar-refractivity contribution in [1.29, 1.82) is 0 Å². The summed E-state index contributed by atoms with van der Waals surface area (Å²) in [6.07, 6.45) is 2.32. The molecule has 0 bridgehead atoms. The highest BCUT2D eigenvalue weighted by atomic mass is 15.2. The first-order chi connectivity index (χ1) is 10.2. The van der Waals surface area contributed by atoms with Gasteiger partial charge in [-0.05, 0) is 25.0 Å². The molecule has 2 aromatic heterocycles. The average Bonchev–Trinajstić information content (AvgIpc) is 3.20. The molecule has 1 fully saturated rings. The molecule has 6 N–H and O–H groups in total. The first-order valence-corrected chi connectivity index (χ1v) is 6.84. The van der Waals surface area contributed by atoms with E-state index in [0.29, 0.717) is 23.6 Å².